The van der Waals surface area contributed by atoms with Gasteiger partial charge in [-0.15, -0.1) is 0 Å². The number of aryl methyl sites for hydroxylation is 2. The van der Waals surface area contributed by atoms with Crippen molar-refractivity contribution < 1.29 is 4.84 Å². The van der Waals surface area contributed by atoms with Gasteiger partial charge in [0, 0.05) is 0 Å². The molecule has 0 atom stereocenters. The fourth-order valence-electron chi connectivity index (χ4n) is 1.14. The summed E-state index contributed by atoms with van der Waals surface area (Å²) in [5, 5.41) is 0. The highest BCUT2D eigenvalue weighted by Gasteiger charge is 1.95. The summed E-state index contributed by atoms with van der Waals surface area (Å²) in [6, 6.07) is 6.41. The average molecular weight is 165 g/mol. The Bertz CT molecular complexity index is 258. The van der Waals surface area contributed by atoms with Gasteiger partial charge >= 0.3 is 0 Å². The van der Waals surface area contributed by atoms with Gasteiger partial charge in [0.05, 0.1) is 6.61 Å². The van der Waals surface area contributed by atoms with Crippen LogP contribution < -0.4 is 5.90 Å². The predicted octanol–water partition coefficient (Wildman–Crippen LogP) is 1.74. The van der Waals surface area contributed by atoms with Gasteiger partial charge in [-0.3, -0.25) is 0 Å². The predicted molar refractivity (Wildman–Crippen MR) is 49.8 cm³/mol. The SMILES string of the molecule is Cc1ccc(CCON)cc1C. The number of rotatable bonds is 3. The van der Waals surface area contributed by atoms with Crippen molar-refractivity contribution in [2.24, 2.45) is 5.90 Å². The molecule has 12 heavy (non-hydrogen) atoms. The molecule has 2 N–H and O–H groups in total. The third kappa shape index (κ3) is 2.32. The first-order chi connectivity index (χ1) is 5.74. The highest BCUT2D eigenvalue weighted by Crippen LogP contribution is 2.09. The van der Waals surface area contributed by atoms with Gasteiger partial charge in [-0.25, -0.2) is 5.90 Å². The van der Waals surface area contributed by atoms with Crippen molar-refractivity contribution in [1.29, 1.82) is 0 Å². The number of benzene rings is 1. The lowest BCUT2D eigenvalue weighted by molar-refractivity contribution is 0.141. The molecule has 0 saturated carbocycles. The summed E-state index contributed by atoms with van der Waals surface area (Å²) in [6.45, 7) is 4.81. The van der Waals surface area contributed by atoms with E-state index in [9.17, 15) is 0 Å². The Morgan fingerprint density at radius 3 is 2.58 bits per heavy atom. The van der Waals surface area contributed by atoms with Crippen LogP contribution in [0.25, 0.3) is 0 Å². The van der Waals surface area contributed by atoms with Crippen LogP contribution >= 0.6 is 0 Å². The van der Waals surface area contributed by atoms with E-state index in [0.717, 1.165) is 6.42 Å². The lowest BCUT2D eigenvalue weighted by atomic mass is 10.0. The summed E-state index contributed by atoms with van der Waals surface area (Å²) >= 11 is 0. The Balaban J connectivity index is 2.69. The van der Waals surface area contributed by atoms with Crippen LogP contribution in [0.5, 0.6) is 0 Å². The molecule has 0 spiro atoms. The molecule has 1 aromatic carbocycles. The van der Waals surface area contributed by atoms with E-state index in [1.807, 2.05) is 0 Å². The van der Waals surface area contributed by atoms with Gasteiger partial charge in [0.2, 0.25) is 0 Å². The van der Waals surface area contributed by atoms with Crippen molar-refractivity contribution in [3.63, 3.8) is 0 Å². The molecule has 0 aliphatic heterocycles. The van der Waals surface area contributed by atoms with E-state index < -0.39 is 0 Å². The lowest BCUT2D eigenvalue weighted by Gasteiger charge is -2.03. The van der Waals surface area contributed by atoms with Gasteiger partial charge < -0.3 is 4.84 Å². The summed E-state index contributed by atoms with van der Waals surface area (Å²) in [5.74, 6) is 4.94. The summed E-state index contributed by atoms with van der Waals surface area (Å²) in [6.07, 6.45) is 0.887. The number of nitrogens with two attached hydrogens (primary N) is 1. The molecule has 0 aromatic heterocycles. The van der Waals surface area contributed by atoms with Crippen LogP contribution in [-0.4, -0.2) is 6.61 Å². The van der Waals surface area contributed by atoms with E-state index in [-0.39, 0.29) is 0 Å². The zero-order chi connectivity index (χ0) is 8.97. The van der Waals surface area contributed by atoms with Crippen molar-refractivity contribution in [2.75, 3.05) is 6.61 Å². The van der Waals surface area contributed by atoms with Gasteiger partial charge in [-0.1, -0.05) is 18.2 Å². The maximum atomic E-state index is 4.94. The Labute approximate surface area is 73.3 Å². The normalized spacial score (nSPS) is 10.2. The molecule has 0 heterocycles. The molecule has 0 fully saturated rings. The number of hydrogen-bond acceptors (Lipinski definition) is 2. The minimum Gasteiger partial charge on any atom is -0.304 e. The first-order valence-corrected chi connectivity index (χ1v) is 4.12. The molecule has 2 nitrogen and oxygen atoms in total. The topological polar surface area (TPSA) is 35.2 Å². The van der Waals surface area contributed by atoms with E-state index in [2.05, 4.69) is 36.9 Å². The molecule has 0 aliphatic rings. The van der Waals surface area contributed by atoms with Crippen molar-refractivity contribution in [2.45, 2.75) is 20.3 Å². The Morgan fingerprint density at radius 2 is 2.00 bits per heavy atom. The van der Waals surface area contributed by atoms with Gasteiger partial charge in [0.15, 0.2) is 0 Å². The second kappa shape index (κ2) is 4.24. The van der Waals surface area contributed by atoms with Crippen molar-refractivity contribution >= 4 is 0 Å². The Morgan fingerprint density at radius 1 is 1.25 bits per heavy atom. The largest absolute Gasteiger partial charge is 0.304 e. The van der Waals surface area contributed by atoms with Gasteiger partial charge in [0.1, 0.15) is 0 Å². The number of hydrogen-bond donors (Lipinski definition) is 1. The van der Waals surface area contributed by atoms with Crippen molar-refractivity contribution in [3.8, 4) is 0 Å². The molecule has 0 aliphatic carbocycles. The van der Waals surface area contributed by atoms with Crippen molar-refractivity contribution in [1.82, 2.24) is 0 Å². The second-order valence-electron chi connectivity index (χ2n) is 3.04. The third-order valence-corrected chi connectivity index (χ3v) is 2.08. The quantitative estimate of drug-likeness (QED) is 0.692. The van der Waals surface area contributed by atoms with Crippen LogP contribution in [0.3, 0.4) is 0 Å². The van der Waals surface area contributed by atoms with E-state index in [1.165, 1.54) is 16.7 Å². The molecule has 0 radical (unpaired) electrons. The minimum absolute atomic E-state index is 0.586. The molecular weight excluding hydrogens is 150 g/mol. The first-order valence-electron chi connectivity index (χ1n) is 4.12. The molecule has 0 amide bonds. The highest BCUT2D eigenvalue weighted by atomic mass is 16.6. The fraction of sp³-hybridized carbons (Fsp3) is 0.400. The molecule has 66 valence electrons. The monoisotopic (exact) mass is 165 g/mol. The van der Waals surface area contributed by atoms with Crippen molar-refractivity contribution in [3.05, 3.63) is 34.9 Å². The molecule has 0 saturated heterocycles. The van der Waals surface area contributed by atoms with Crippen LogP contribution in [0.1, 0.15) is 16.7 Å². The second-order valence-corrected chi connectivity index (χ2v) is 3.04. The van der Waals surface area contributed by atoms with Gasteiger partial charge in [0.25, 0.3) is 0 Å². The summed E-state index contributed by atoms with van der Waals surface area (Å²) in [4.78, 5) is 4.52. The maximum Gasteiger partial charge on any atom is 0.0719 e. The fourth-order valence-corrected chi connectivity index (χ4v) is 1.14. The third-order valence-electron chi connectivity index (χ3n) is 2.08. The summed E-state index contributed by atoms with van der Waals surface area (Å²) in [5.41, 5.74) is 3.93. The van der Waals surface area contributed by atoms with E-state index >= 15 is 0 Å². The van der Waals surface area contributed by atoms with Gasteiger partial charge in [-0.05, 0) is 37.0 Å². The Hall–Kier alpha value is -0.860. The van der Waals surface area contributed by atoms with Crippen LogP contribution in [0.2, 0.25) is 0 Å². The standard InChI is InChI=1S/C10H15NO/c1-8-3-4-10(5-6-12-11)7-9(8)2/h3-4,7H,5-6,11H2,1-2H3. The van der Waals surface area contributed by atoms with Gasteiger partial charge in [-0.2, -0.15) is 0 Å². The van der Waals surface area contributed by atoms with Crippen LogP contribution in [0, 0.1) is 13.8 Å². The van der Waals surface area contributed by atoms with E-state index in [0.29, 0.717) is 6.61 Å². The zero-order valence-corrected chi connectivity index (χ0v) is 7.63. The molecule has 0 bridgehead atoms. The highest BCUT2D eigenvalue weighted by molar-refractivity contribution is 5.29. The molecule has 0 unspecified atom stereocenters. The molecule has 1 rings (SSSR count). The maximum absolute atomic E-state index is 4.94. The molecule has 1 aromatic rings. The lowest BCUT2D eigenvalue weighted by Crippen LogP contribution is -2.03. The van der Waals surface area contributed by atoms with E-state index in [4.69, 9.17) is 5.90 Å². The zero-order valence-electron chi connectivity index (χ0n) is 7.63. The summed E-state index contributed by atoms with van der Waals surface area (Å²) in [7, 11) is 0. The summed E-state index contributed by atoms with van der Waals surface area (Å²) < 4.78 is 0. The smallest absolute Gasteiger partial charge is 0.0719 e. The molecular formula is C10H15NO. The minimum atomic E-state index is 0.586. The van der Waals surface area contributed by atoms with Crippen LogP contribution in [-0.2, 0) is 11.3 Å². The first kappa shape index (κ1) is 9.23. The van der Waals surface area contributed by atoms with E-state index in [1.54, 1.807) is 0 Å². The average Bonchev–Trinajstić information content (AvgIpc) is 2.07. The van der Waals surface area contributed by atoms with Crippen LogP contribution in [0.15, 0.2) is 18.2 Å². The Kier molecular flexibility index (Phi) is 3.26. The molecule has 2 heteroatoms. The van der Waals surface area contributed by atoms with Crippen LogP contribution in [0.4, 0.5) is 0 Å².